The van der Waals surface area contributed by atoms with Crippen molar-refractivity contribution in [2.45, 2.75) is 0 Å². The van der Waals surface area contributed by atoms with E-state index in [1.165, 1.54) is 0 Å². The van der Waals surface area contributed by atoms with Gasteiger partial charge in [0.05, 0.1) is 11.1 Å². The van der Waals surface area contributed by atoms with E-state index in [1.54, 1.807) is 10.6 Å². The lowest BCUT2D eigenvalue weighted by Gasteiger charge is -2.14. The molecule has 0 spiro atoms. The van der Waals surface area contributed by atoms with Crippen LogP contribution in [0.15, 0.2) is 89.9 Å². The van der Waals surface area contributed by atoms with Gasteiger partial charge in [-0.15, -0.1) is 0 Å². The zero-order chi connectivity index (χ0) is 16.5. The van der Waals surface area contributed by atoms with Gasteiger partial charge in [-0.2, -0.15) is 0 Å². The third-order valence-corrected chi connectivity index (χ3v) is 4.15. The minimum absolute atomic E-state index is 0.0172. The van der Waals surface area contributed by atoms with E-state index in [1.807, 2.05) is 78.9 Å². The van der Waals surface area contributed by atoms with Gasteiger partial charge in [0.1, 0.15) is 5.75 Å². The summed E-state index contributed by atoms with van der Waals surface area (Å²) in [4.78, 5) is 12.9. The van der Waals surface area contributed by atoms with Crippen molar-refractivity contribution in [2.24, 2.45) is 0 Å². The Morgan fingerprint density at radius 2 is 1.21 bits per heavy atom. The van der Waals surface area contributed by atoms with Crippen LogP contribution in [0.2, 0.25) is 0 Å². The lowest BCUT2D eigenvalue weighted by Crippen LogP contribution is -2.16. The van der Waals surface area contributed by atoms with E-state index < -0.39 is 0 Å². The maximum atomic E-state index is 12.9. The fourth-order valence-electron chi connectivity index (χ4n) is 3.05. The molecule has 116 valence electrons. The van der Waals surface area contributed by atoms with E-state index in [0.29, 0.717) is 22.2 Å². The Morgan fingerprint density at radius 3 is 1.83 bits per heavy atom. The minimum Gasteiger partial charge on any atom is -0.506 e. The monoisotopic (exact) mass is 313 g/mol. The smallest absolute Gasteiger partial charge is 0.266 e. The van der Waals surface area contributed by atoms with E-state index in [0.717, 1.165) is 5.56 Å². The first-order valence-corrected chi connectivity index (χ1v) is 7.74. The van der Waals surface area contributed by atoms with Crippen LogP contribution in [-0.4, -0.2) is 9.51 Å². The second-order valence-corrected chi connectivity index (χ2v) is 5.59. The number of hydrogen-bond acceptors (Lipinski definition) is 2. The molecule has 1 N–H and O–H groups in total. The van der Waals surface area contributed by atoms with Gasteiger partial charge in [-0.3, -0.25) is 9.20 Å². The van der Waals surface area contributed by atoms with Gasteiger partial charge in [0, 0.05) is 11.8 Å². The van der Waals surface area contributed by atoms with Crippen LogP contribution in [0.3, 0.4) is 0 Å². The van der Waals surface area contributed by atoms with Gasteiger partial charge in [0.2, 0.25) is 0 Å². The average Bonchev–Trinajstić information content (AvgIpc) is 2.64. The zero-order valence-electron chi connectivity index (χ0n) is 12.9. The molecular weight excluding hydrogens is 298 g/mol. The van der Waals surface area contributed by atoms with Crippen LogP contribution in [0.1, 0.15) is 0 Å². The fourth-order valence-corrected chi connectivity index (χ4v) is 3.05. The fraction of sp³-hybridized carbons (Fsp3) is 0. The van der Waals surface area contributed by atoms with Crippen molar-refractivity contribution in [1.82, 2.24) is 4.40 Å². The molecule has 3 heteroatoms. The molecule has 0 radical (unpaired) electrons. The van der Waals surface area contributed by atoms with Crippen LogP contribution in [0.5, 0.6) is 5.75 Å². The predicted octanol–water partition coefficient (Wildman–Crippen LogP) is 4.34. The van der Waals surface area contributed by atoms with Crippen molar-refractivity contribution in [2.75, 3.05) is 0 Å². The molecule has 0 atom stereocenters. The van der Waals surface area contributed by atoms with E-state index in [9.17, 15) is 9.90 Å². The van der Waals surface area contributed by atoms with E-state index in [-0.39, 0.29) is 11.3 Å². The number of nitrogens with zero attached hydrogens (tertiary/aromatic N) is 1. The molecule has 0 aliphatic heterocycles. The normalized spacial score (nSPS) is 10.8. The second kappa shape index (κ2) is 5.70. The molecule has 0 unspecified atom stereocenters. The first-order valence-electron chi connectivity index (χ1n) is 7.74. The van der Waals surface area contributed by atoms with Gasteiger partial charge >= 0.3 is 0 Å². The maximum absolute atomic E-state index is 12.9. The first kappa shape index (κ1) is 14.3. The summed E-state index contributed by atoms with van der Waals surface area (Å²) in [6.45, 7) is 0. The van der Waals surface area contributed by atoms with Crippen molar-refractivity contribution < 1.29 is 5.11 Å². The average molecular weight is 313 g/mol. The molecule has 0 aliphatic carbocycles. The molecule has 0 aliphatic rings. The van der Waals surface area contributed by atoms with Gasteiger partial charge < -0.3 is 5.11 Å². The molecule has 0 fully saturated rings. The Morgan fingerprint density at radius 1 is 0.667 bits per heavy atom. The number of hydrogen-bond donors (Lipinski definition) is 1. The molecule has 4 aromatic rings. The molecule has 0 amide bonds. The van der Waals surface area contributed by atoms with Gasteiger partial charge in [-0.05, 0) is 23.3 Å². The molecule has 3 nitrogen and oxygen atoms in total. The Kier molecular flexibility index (Phi) is 3.39. The number of aromatic hydroxyl groups is 1. The van der Waals surface area contributed by atoms with Crippen molar-refractivity contribution >= 4 is 5.52 Å². The van der Waals surface area contributed by atoms with E-state index >= 15 is 0 Å². The van der Waals surface area contributed by atoms with Crippen molar-refractivity contribution in [3.63, 3.8) is 0 Å². The zero-order valence-corrected chi connectivity index (χ0v) is 12.9. The van der Waals surface area contributed by atoms with Crippen LogP contribution in [-0.2, 0) is 0 Å². The maximum Gasteiger partial charge on any atom is 0.266 e. The van der Waals surface area contributed by atoms with Crippen molar-refractivity contribution in [3.8, 4) is 28.0 Å². The Labute approximate surface area is 139 Å². The SMILES string of the molecule is O=c1c(-c2ccccc2)c(O)c(-c2ccccc2)c2ccccn12. The Bertz CT molecular complexity index is 1070. The molecular formula is C21H15NO2. The van der Waals surface area contributed by atoms with E-state index in [2.05, 4.69) is 0 Å². The molecule has 0 saturated heterocycles. The molecule has 4 rings (SSSR count). The third kappa shape index (κ3) is 2.18. The molecule has 0 bridgehead atoms. The summed E-state index contributed by atoms with van der Waals surface area (Å²) in [5.41, 5.74) is 3.01. The van der Waals surface area contributed by atoms with Gasteiger partial charge in [-0.25, -0.2) is 0 Å². The lowest BCUT2D eigenvalue weighted by molar-refractivity contribution is 0.478. The second-order valence-electron chi connectivity index (χ2n) is 5.59. The summed E-state index contributed by atoms with van der Waals surface area (Å²) in [6.07, 6.45) is 1.73. The lowest BCUT2D eigenvalue weighted by atomic mass is 9.97. The standard InChI is InChI=1S/C21H15NO2/c23-20-18(15-9-3-1-4-10-15)17-13-7-8-14-22(17)21(24)19(20)16-11-5-2-6-12-16/h1-14,23H. The highest BCUT2D eigenvalue weighted by atomic mass is 16.3. The number of benzene rings is 2. The summed E-state index contributed by atoms with van der Waals surface area (Å²) in [7, 11) is 0. The number of rotatable bonds is 2. The third-order valence-electron chi connectivity index (χ3n) is 4.15. The Hall–Kier alpha value is -3.33. The summed E-state index contributed by atoms with van der Waals surface area (Å²) in [5, 5.41) is 11.0. The number of pyridine rings is 2. The van der Waals surface area contributed by atoms with Crippen LogP contribution in [0, 0.1) is 0 Å². The van der Waals surface area contributed by atoms with Gasteiger partial charge in [0.25, 0.3) is 5.56 Å². The van der Waals surface area contributed by atoms with Crippen LogP contribution in [0.4, 0.5) is 0 Å². The van der Waals surface area contributed by atoms with Crippen molar-refractivity contribution in [3.05, 3.63) is 95.4 Å². The highest BCUT2D eigenvalue weighted by molar-refractivity contribution is 5.91. The summed E-state index contributed by atoms with van der Waals surface area (Å²) < 4.78 is 1.59. The molecule has 24 heavy (non-hydrogen) atoms. The Balaban J connectivity index is 2.18. The van der Waals surface area contributed by atoms with Gasteiger partial charge in [0.15, 0.2) is 0 Å². The quantitative estimate of drug-likeness (QED) is 0.598. The molecule has 0 saturated carbocycles. The molecule has 2 aromatic heterocycles. The summed E-state index contributed by atoms with van der Waals surface area (Å²) >= 11 is 0. The van der Waals surface area contributed by atoms with E-state index in [4.69, 9.17) is 0 Å². The molecule has 2 aromatic carbocycles. The summed E-state index contributed by atoms with van der Waals surface area (Å²) in [6, 6.07) is 24.4. The summed E-state index contributed by atoms with van der Waals surface area (Å²) in [5.74, 6) is 0.0172. The number of aromatic nitrogens is 1. The van der Waals surface area contributed by atoms with Crippen molar-refractivity contribution in [1.29, 1.82) is 0 Å². The van der Waals surface area contributed by atoms with Gasteiger partial charge in [-0.1, -0.05) is 66.7 Å². The predicted molar refractivity (Wildman–Crippen MR) is 96.2 cm³/mol. The first-order chi connectivity index (χ1) is 11.8. The topological polar surface area (TPSA) is 41.7 Å². The van der Waals surface area contributed by atoms with Crippen LogP contribution in [0.25, 0.3) is 27.8 Å². The van der Waals surface area contributed by atoms with Crippen LogP contribution >= 0.6 is 0 Å². The molecule has 2 heterocycles. The highest BCUT2D eigenvalue weighted by Gasteiger charge is 2.19. The van der Waals surface area contributed by atoms with Crippen LogP contribution < -0.4 is 5.56 Å². The highest BCUT2D eigenvalue weighted by Crippen LogP contribution is 2.38. The number of fused-ring (bicyclic) bond motifs is 1. The minimum atomic E-state index is -0.228. The largest absolute Gasteiger partial charge is 0.506 e.